The summed E-state index contributed by atoms with van der Waals surface area (Å²) in [6.07, 6.45) is 3.98. The summed E-state index contributed by atoms with van der Waals surface area (Å²) in [6, 6.07) is 0.101. The molecule has 0 spiro atoms. The number of aliphatic hydroxyl groups is 1. The highest BCUT2D eigenvalue weighted by atomic mass is 16.5. The van der Waals surface area contributed by atoms with Gasteiger partial charge in [-0.3, -0.25) is 4.79 Å². The van der Waals surface area contributed by atoms with Crippen molar-refractivity contribution in [3.8, 4) is 0 Å². The number of hydrogen-bond acceptors (Lipinski definition) is 4. The highest BCUT2D eigenvalue weighted by molar-refractivity contribution is 5.76. The van der Waals surface area contributed by atoms with Crippen LogP contribution in [0.15, 0.2) is 0 Å². The first kappa shape index (κ1) is 15.7. The highest BCUT2D eigenvalue weighted by Crippen LogP contribution is 2.39. The Bertz CT molecular complexity index is 328. The smallest absolute Gasteiger partial charge is 0.221 e. The summed E-state index contributed by atoms with van der Waals surface area (Å²) in [4.78, 5) is 11.9. The fourth-order valence-electron chi connectivity index (χ4n) is 2.88. The molecule has 0 bridgehead atoms. The van der Waals surface area contributed by atoms with E-state index in [-0.39, 0.29) is 11.9 Å². The Balaban J connectivity index is 1.70. The predicted molar refractivity (Wildman–Crippen MR) is 77.4 cm³/mol. The molecule has 0 aromatic carbocycles. The van der Waals surface area contributed by atoms with E-state index in [1.54, 1.807) is 0 Å². The summed E-state index contributed by atoms with van der Waals surface area (Å²) >= 11 is 0. The molecule has 5 nitrogen and oxygen atoms in total. The molecule has 1 atom stereocenters. The Morgan fingerprint density at radius 3 is 2.65 bits per heavy atom. The zero-order valence-electron chi connectivity index (χ0n) is 12.7. The van der Waals surface area contributed by atoms with Crippen LogP contribution in [0, 0.1) is 5.41 Å². The number of nitrogens with one attached hydrogen (secondary N) is 2. The third-order valence-electron chi connectivity index (χ3n) is 4.58. The molecule has 5 heteroatoms. The molecule has 1 aliphatic carbocycles. The van der Waals surface area contributed by atoms with Gasteiger partial charge in [0.25, 0.3) is 0 Å². The normalized spacial score (nSPS) is 28.9. The molecule has 2 aliphatic rings. The number of ether oxygens (including phenoxy) is 1. The first-order chi connectivity index (χ1) is 9.39. The van der Waals surface area contributed by atoms with Gasteiger partial charge in [0.05, 0.1) is 18.8 Å². The lowest BCUT2D eigenvalue weighted by Gasteiger charge is -2.40. The Morgan fingerprint density at radius 2 is 2.05 bits per heavy atom. The molecular weight excluding hydrogens is 256 g/mol. The van der Waals surface area contributed by atoms with Crippen molar-refractivity contribution >= 4 is 5.91 Å². The van der Waals surface area contributed by atoms with Crippen LogP contribution >= 0.6 is 0 Å². The summed E-state index contributed by atoms with van der Waals surface area (Å²) in [6.45, 7) is 6.95. The second-order valence-electron chi connectivity index (χ2n) is 7.10. The number of morpholine rings is 1. The van der Waals surface area contributed by atoms with E-state index in [1.165, 1.54) is 0 Å². The average Bonchev–Trinajstić information content (AvgIpc) is 2.42. The van der Waals surface area contributed by atoms with Crippen molar-refractivity contribution in [3.05, 3.63) is 0 Å². The van der Waals surface area contributed by atoms with Crippen LogP contribution in [-0.4, -0.2) is 49.0 Å². The minimum Gasteiger partial charge on any atom is -0.388 e. The van der Waals surface area contributed by atoms with E-state index >= 15 is 0 Å². The van der Waals surface area contributed by atoms with E-state index in [2.05, 4.69) is 24.5 Å². The van der Waals surface area contributed by atoms with E-state index in [0.717, 1.165) is 32.2 Å². The quantitative estimate of drug-likeness (QED) is 0.714. The molecule has 20 heavy (non-hydrogen) atoms. The maximum Gasteiger partial charge on any atom is 0.221 e. The lowest BCUT2D eigenvalue weighted by molar-refractivity contribution is -0.124. The van der Waals surface area contributed by atoms with Gasteiger partial charge in [-0.1, -0.05) is 13.8 Å². The molecule has 0 aromatic heterocycles. The molecule has 1 heterocycles. The third-order valence-corrected chi connectivity index (χ3v) is 4.58. The van der Waals surface area contributed by atoms with Crippen LogP contribution in [0.5, 0.6) is 0 Å². The first-order valence-corrected chi connectivity index (χ1v) is 7.69. The zero-order chi connectivity index (χ0) is 14.6. The van der Waals surface area contributed by atoms with Crippen LogP contribution in [-0.2, 0) is 9.53 Å². The molecule has 2 rings (SSSR count). The molecule has 116 valence electrons. The SMILES string of the molecule is CC1(C)CCC(O)(CNC(=O)CC2COCCN2)CC1. The molecule has 1 amide bonds. The van der Waals surface area contributed by atoms with Gasteiger partial charge in [-0.05, 0) is 31.1 Å². The maximum atomic E-state index is 11.9. The fourth-order valence-corrected chi connectivity index (χ4v) is 2.88. The van der Waals surface area contributed by atoms with Crippen molar-refractivity contribution in [3.63, 3.8) is 0 Å². The second-order valence-corrected chi connectivity index (χ2v) is 7.10. The van der Waals surface area contributed by atoms with Crippen LogP contribution in [0.2, 0.25) is 0 Å². The lowest BCUT2D eigenvalue weighted by atomic mass is 9.71. The molecule has 2 fully saturated rings. The predicted octanol–water partition coefficient (Wildman–Crippen LogP) is 0.812. The number of carbonyl (C=O) groups is 1. The minimum absolute atomic E-state index is 0.00809. The Labute approximate surface area is 121 Å². The third kappa shape index (κ3) is 4.72. The maximum absolute atomic E-state index is 11.9. The van der Waals surface area contributed by atoms with Crippen LogP contribution in [0.4, 0.5) is 0 Å². The Morgan fingerprint density at radius 1 is 1.35 bits per heavy atom. The largest absolute Gasteiger partial charge is 0.388 e. The zero-order valence-corrected chi connectivity index (χ0v) is 12.7. The van der Waals surface area contributed by atoms with Gasteiger partial charge in [0, 0.05) is 25.6 Å². The van der Waals surface area contributed by atoms with E-state index in [1.807, 2.05) is 0 Å². The summed E-state index contributed by atoms with van der Waals surface area (Å²) in [7, 11) is 0. The average molecular weight is 284 g/mol. The van der Waals surface area contributed by atoms with Crippen LogP contribution in [0.3, 0.4) is 0 Å². The lowest BCUT2D eigenvalue weighted by Crippen LogP contribution is -2.49. The Hall–Kier alpha value is -0.650. The molecule has 1 saturated carbocycles. The van der Waals surface area contributed by atoms with Crippen molar-refractivity contribution in [2.75, 3.05) is 26.3 Å². The standard InChI is InChI=1S/C15H28N2O3/c1-14(2)3-5-15(19,6-4-14)11-17-13(18)9-12-10-20-8-7-16-12/h12,16,19H,3-11H2,1-2H3,(H,17,18). The van der Waals surface area contributed by atoms with Crippen molar-refractivity contribution in [2.45, 2.75) is 57.6 Å². The van der Waals surface area contributed by atoms with E-state index in [0.29, 0.717) is 31.6 Å². The summed E-state index contributed by atoms with van der Waals surface area (Å²) < 4.78 is 5.33. The number of amides is 1. The van der Waals surface area contributed by atoms with Gasteiger partial charge in [0.15, 0.2) is 0 Å². The van der Waals surface area contributed by atoms with Crippen LogP contribution in [0.1, 0.15) is 46.0 Å². The molecule has 1 unspecified atom stereocenters. The summed E-state index contributed by atoms with van der Waals surface area (Å²) in [5.41, 5.74) is -0.402. The summed E-state index contributed by atoms with van der Waals surface area (Å²) in [5, 5.41) is 16.6. The van der Waals surface area contributed by atoms with Gasteiger partial charge in [0.1, 0.15) is 0 Å². The van der Waals surface area contributed by atoms with Crippen LogP contribution < -0.4 is 10.6 Å². The van der Waals surface area contributed by atoms with Crippen molar-refractivity contribution in [2.24, 2.45) is 5.41 Å². The molecule has 3 N–H and O–H groups in total. The van der Waals surface area contributed by atoms with E-state index < -0.39 is 5.60 Å². The molecule has 0 aromatic rings. The number of rotatable bonds is 4. The molecular formula is C15H28N2O3. The second kappa shape index (κ2) is 6.41. The van der Waals surface area contributed by atoms with E-state index in [9.17, 15) is 9.90 Å². The van der Waals surface area contributed by atoms with Gasteiger partial charge in [0.2, 0.25) is 5.91 Å². The molecule has 1 aliphatic heterocycles. The summed E-state index contributed by atoms with van der Waals surface area (Å²) in [5.74, 6) is -0.00809. The first-order valence-electron chi connectivity index (χ1n) is 7.69. The van der Waals surface area contributed by atoms with Crippen molar-refractivity contribution in [1.29, 1.82) is 0 Å². The van der Waals surface area contributed by atoms with Crippen molar-refractivity contribution in [1.82, 2.24) is 10.6 Å². The van der Waals surface area contributed by atoms with Gasteiger partial charge >= 0.3 is 0 Å². The number of hydrogen-bond donors (Lipinski definition) is 3. The van der Waals surface area contributed by atoms with Crippen molar-refractivity contribution < 1.29 is 14.6 Å². The van der Waals surface area contributed by atoms with E-state index in [4.69, 9.17) is 4.74 Å². The van der Waals surface area contributed by atoms with Gasteiger partial charge in [-0.15, -0.1) is 0 Å². The molecule has 1 saturated heterocycles. The topological polar surface area (TPSA) is 70.6 Å². The van der Waals surface area contributed by atoms with Gasteiger partial charge in [-0.2, -0.15) is 0 Å². The fraction of sp³-hybridized carbons (Fsp3) is 0.933. The van der Waals surface area contributed by atoms with Crippen LogP contribution in [0.25, 0.3) is 0 Å². The molecule has 0 radical (unpaired) electrons. The van der Waals surface area contributed by atoms with Gasteiger partial charge in [-0.25, -0.2) is 0 Å². The highest BCUT2D eigenvalue weighted by Gasteiger charge is 2.36. The Kier molecular flexibility index (Phi) is 5.04. The van der Waals surface area contributed by atoms with Gasteiger partial charge < -0.3 is 20.5 Å². The number of carbonyl (C=O) groups excluding carboxylic acids is 1. The minimum atomic E-state index is -0.721. The monoisotopic (exact) mass is 284 g/mol.